The Hall–Kier alpha value is -2.92. The SMILES string of the molecule is Cc1ccc(CNc2cc(NCCCN(C)C)nc(-c3ccccc3)n2)cc1. The second-order valence-corrected chi connectivity index (χ2v) is 7.25. The van der Waals surface area contributed by atoms with Gasteiger partial charge in [-0.1, -0.05) is 60.2 Å². The summed E-state index contributed by atoms with van der Waals surface area (Å²) in [5.41, 5.74) is 3.50. The van der Waals surface area contributed by atoms with E-state index >= 15 is 0 Å². The highest BCUT2D eigenvalue weighted by atomic mass is 15.1. The van der Waals surface area contributed by atoms with Crippen molar-refractivity contribution in [2.24, 2.45) is 0 Å². The molecule has 1 aromatic heterocycles. The summed E-state index contributed by atoms with van der Waals surface area (Å²) < 4.78 is 0. The zero-order chi connectivity index (χ0) is 19.8. The molecule has 3 aromatic rings. The van der Waals surface area contributed by atoms with Crippen LogP contribution in [0.1, 0.15) is 17.5 Å². The van der Waals surface area contributed by atoms with Gasteiger partial charge in [-0.25, -0.2) is 9.97 Å². The van der Waals surface area contributed by atoms with Crippen molar-refractivity contribution < 1.29 is 0 Å². The number of nitrogens with zero attached hydrogens (tertiary/aromatic N) is 3. The van der Waals surface area contributed by atoms with E-state index in [-0.39, 0.29) is 0 Å². The normalized spacial score (nSPS) is 10.9. The fourth-order valence-corrected chi connectivity index (χ4v) is 2.85. The second-order valence-electron chi connectivity index (χ2n) is 7.25. The lowest BCUT2D eigenvalue weighted by Crippen LogP contribution is -2.17. The molecule has 0 aliphatic heterocycles. The molecule has 0 spiro atoms. The van der Waals surface area contributed by atoms with Gasteiger partial charge in [-0.2, -0.15) is 0 Å². The van der Waals surface area contributed by atoms with Crippen molar-refractivity contribution in [3.8, 4) is 11.4 Å². The van der Waals surface area contributed by atoms with Crippen LogP contribution in [0.4, 0.5) is 11.6 Å². The van der Waals surface area contributed by atoms with Crippen LogP contribution in [0, 0.1) is 6.92 Å². The van der Waals surface area contributed by atoms with E-state index in [9.17, 15) is 0 Å². The van der Waals surface area contributed by atoms with Gasteiger partial charge in [0.2, 0.25) is 0 Å². The van der Waals surface area contributed by atoms with E-state index in [1.54, 1.807) is 0 Å². The molecule has 0 radical (unpaired) electrons. The quantitative estimate of drug-likeness (QED) is 0.542. The zero-order valence-electron chi connectivity index (χ0n) is 16.9. The molecule has 2 aromatic carbocycles. The molecule has 0 bridgehead atoms. The van der Waals surface area contributed by atoms with Crippen molar-refractivity contribution in [1.82, 2.24) is 14.9 Å². The smallest absolute Gasteiger partial charge is 0.163 e. The fraction of sp³-hybridized carbons (Fsp3) is 0.304. The predicted molar refractivity (Wildman–Crippen MR) is 118 cm³/mol. The minimum Gasteiger partial charge on any atom is -0.370 e. The third kappa shape index (κ3) is 6.06. The summed E-state index contributed by atoms with van der Waals surface area (Å²) in [6.45, 7) is 4.75. The Morgan fingerprint density at radius 2 is 1.54 bits per heavy atom. The molecule has 0 amide bonds. The maximum atomic E-state index is 4.72. The van der Waals surface area contributed by atoms with Crippen molar-refractivity contribution in [1.29, 1.82) is 0 Å². The van der Waals surface area contributed by atoms with Gasteiger partial charge in [-0.05, 0) is 39.5 Å². The lowest BCUT2D eigenvalue weighted by Gasteiger charge is -2.13. The van der Waals surface area contributed by atoms with E-state index in [0.717, 1.165) is 49.1 Å². The summed E-state index contributed by atoms with van der Waals surface area (Å²) in [4.78, 5) is 11.6. The molecule has 5 nitrogen and oxygen atoms in total. The molecular formula is C23H29N5. The third-order valence-electron chi connectivity index (χ3n) is 4.44. The summed E-state index contributed by atoms with van der Waals surface area (Å²) >= 11 is 0. The molecule has 0 unspecified atom stereocenters. The summed E-state index contributed by atoms with van der Waals surface area (Å²) in [6, 6.07) is 20.6. The highest BCUT2D eigenvalue weighted by Gasteiger charge is 2.07. The lowest BCUT2D eigenvalue weighted by molar-refractivity contribution is 0.405. The molecule has 146 valence electrons. The molecule has 0 saturated heterocycles. The van der Waals surface area contributed by atoms with E-state index in [2.05, 4.69) is 60.8 Å². The van der Waals surface area contributed by atoms with Crippen LogP contribution >= 0.6 is 0 Å². The van der Waals surface area contributed by atoms with Gasteiger partial charge >= 0.3 is 0 Å². The first-order valence-electron chi connectivity index (χ1n) is 9.73. The summed E-state index contributed by atoms with van der Waals surface area (Å²) in [7, 11) is 4.18. The number of benzene rings is 2. The van der Waals surface area contributed by atoms with E-state index in [0.29, 0.717) is 0 Å². The summed E-state index contributed by atoms with van der Waals surface area (Å²) in [6.07, 6.45) is 1.06. The standard InChI is InChI=1S/C23H29N5/c1-18-10-12-19(13-11-18)17-25-22-16-21(24-14-7-15-28(2)3)26-23(27-22)20-8-5-4-6-9-20/h4-6,8-13,16H,7,14-15,17H2,1-3H3,(H2,24,25,26,27). The van der Waals surface area contributed by atoms with Crippen LogP contribution in [0.2, 0.25) is 0 Å². The molecular weight excluding hydrogens is 346 g/mol. The number of hydrogen-bond donors (Lipinski definition) is 2. The van der Waals surface area contributed by atoms with Gasteiger partial charge in [-0.3, -0.25) is 0 Å². The predicted octanol–water partition coefficient (Wildman–Crippen LogP) is 4.43. The molecule has 0 saturated carbocycles. The highest BCUT2D eigenvalue weighted by Crippen LogP contribution is 2.20. The number of rotatable bonds is 9. The second kappa shape index (κ2) is 9.85. The molecule has 1 heterocycles. The Morgan fingerprint density at radius 1 is 0.857 bits per heavy atom. The maximum absolute atomic E-state index is 4.72. The van der Waals surface area contributed by atoms with Crippen molar-refractivity contribution in [3.05, 3.63) is 71.8 Å². The minimum atomic E-state index is 0.726. The number of aryl methyl sites for hydroxylation is 1. The van der Waals surface area contributed by atoms with Crippen molar-refractivity contribution >= 4 is 11.6 Å². The molecule has 28 heavy (non-hydrogen) atoms. The average molecular weight is 376 g/mol. The molecule has 0 fully saturated rings. The minimum absolute atomic E-state index is 0.726. The van der Waals surface area contributed by atoms with Gasteiger partial charge in [0.05, 0.1) is 0 Å². The van der Waals surface area contributed by atoms with Crippen LogP contribution in [0.15, 0.2) is 60.7 Å². The Morgan fingerprint density at radius 3 is 2.21 bits per heavy atom. The van der Waals surface area contributed by atoms with Gasteiger partial charge in [0.1, 0.15) is 11.6 Å². The van der Waals surface area contributed by atoms with Crippen molar-refractivity contribution in [2.75, 3.05) is 37.8 Å². The Bertz CT molecular complexity index is 860. The Balaban J connectivity index is 1.75. The van der Waals surface area contributed by atoms with Crippen LogP contribution in [0.25, 0.3) is 11.4 Å². The zero-order valence-corrected chi connectivity index (χ0v) is 16.9. The van der Waals surface area contributed by atoms with Gasteiger partial charge in [0, 0.05) is 24.7 Å². The molecule has 2 N–H and O–H groups in total. The first-order chi connectivity index (χ1) is 13.6. The van der Waals surface area contributed by atoms with E-state index in [4.69, 9.17) is 9.97 Å². The largest absolute Gasteiger partial charge is 0.370 e. The first kappa shape index (κ1) is 19.8. The van der Waals surface area contributed by atoms with Gasteiger partial charge in [0.15, 0.2) is 5.82 Å². The summed E-state index contributed by atoms with van der Waals surface area (Å²) in [5, 5.41) is 6.88. The molecule has 0 aliphatic rings. The fourth-order valence-electron chi connectivity index (χ4n) is 2.85. The topological polar surface area (TPSA) is 53.1 Å². The maximum Gasteiger partial charge on any atom is 0.163 e. The van der Waals surface area contributed by atoms with E-state index in [1.165, 1.54) is 11.1 Å². The van der Waals surface area contributed by atoms with Crippen LogP contribution in [0.5, 0.6) is 0 Å². The molecule has 0 aliphatic carbocycles. The van der Waals surface area contributed by atoms with Crippen LogP contribution < -0.4 is 10.6 Å². The molecule has 5 heteroatoms. The van der Waals surface area contributed by atoms with Crippen LogP contribution in [-0.4, -0.2) is 42.1 Å². The van der Waals surface area contributed by atoms with E-state index < -0.39 is 0 Å². The number of aromatic nitrogens is 2. The van der Waals surface area contributed by atoms with Crippen LogP contribution in [0.3, 0.4) is 0 Å². The van der Waals surface area contributed by atoms with Crippen molar-refractivity contribution in [2.45, 2.75) is 19.9 Å². The number of hydrogen-bond acceptors (Lipinski definition) is 5. The van der Waals surface area contributed by atoms with Gasteiger partial charge in [-0.15, -0.1) is 0 Å². The lowest BCUT2D eigenvalue weighted by atomic mass is 10.1. The monoisotopic (exact) mass is 375 g/mol. The van der Waals surface area contributed by atoms with Crippen molar-refractivity contribution in [3.63, 3.8) is 0 Å². The average Bonchev–Trinajstić information content (AvgIpc) is 2.71. The Kier molecular flexibility index (Phi) is 6.98. The molecule has 0 atom stereocenters. The number of nitrogens with one attached hydrogen (secondary N) is 2. The molecule has 3 rings (SSSR count). The highest BCUT2D eigenvalue weighted by molar-refractivity contribution is 5.61. The third-order valence-corrected chi connectivity index (χ3v) is 4.44. The van der Waals surface area contributed by atoms with Gasteiger partial charge < -0.3 is 15.5 Å². The number of anilines is 2. The van der Waals surface area contributed by atoms with Crippen LogP contribution in [-0.2, 0) is 6.54 Å². The van der Waals surface area contributed by atoms with Gasteiger partial charge in [0.25, 0.3) is 0 Å². The Labute approximate surface area is 167 Å². The first-order valence-corrected chi connectivity index (χ1v) is 9.73. The summed E-state index contributed by atoms with van der Waals surface area (Å²) in [5.74, 6) is 2.40. The van der Waals surface area contributed by atoms with E-state index in [1.807, 2.05) is 36.4 Å².